The largest absolute Gasteiger partial charge is 0.356 e. The molecule has 0 atom stereocenters. The van der Waals surface area contributed by atoms with Crippen LogP contribution < -0.4 is 0 Å². The fourth-order valence-electron chi connectivity index (χ4n) is 3.40. The highest BCUT2D eigenvalue weighted by atomic mass is 16.5. The first kappa shape index (κ1) is 15.2. The lowest BCUT2D eigenvalue weighted by Gasteiger charge is -2.30. The molecule has 2 heterocycles. The van der Waals surface area contributed by atoms with Crippen molar-refractivity contribution in [3.63, 3.8) is 0 Å². The summed E-state index contributed by atoms with van der Waals surface area (Å²) >= 11 is 0. The standard InChI is InChI=1S/C21H22N2O/c1-2-6-18(7-3-1)16-23-14-12-17(13-15-23)10-11-20-19-8-4-5-9-21(19)24-22-20/h1-11,17H,12-16H2/b11-10+. The molecule has 3 nitrogen and oxygen atoms in total. The van der Waals surface area contributed by atoms with E-state index in [2.05, 4.69) is 58.6 Å². The number of nitrogens with zero attached hydrogens (tertiary/aromatic N) is 2. The average molecular weight is 318 g/mol. The van der Waals surface area contributed by atoms with Crippen molar-refractivity contribution in [2.75, 3.05) is 13.1 Å². The zero-order valence-electron chi connectivity index (χ0n) is 13.8. The Balaban J connectivity index is 1.34. The van der Waals surface area contributed by atoms with Crippen molar-refractivity contribution >= 4 is 17.0 Å². The van der Waals surface area contributed by atoms with Crippen LogP contribution in [0.25, 0.3) is 17.0 Å². The van der Waals surface area contributed by atoms with E-state index in [9.17, 15) is 0 Å². The Morgan fingerprint density at radius 1 is 1.00 bits per heavy atom. The highest BCUT2D eigenvalue weighted by Gasteiger charge is 2.17. The summed E-state index contributed by atoms with van der Waals surface area (Å²) in [6.07, 6.45) is 6.85. The van der Waals surface area contributed by atoms with Gasteiger partial charge in [-0.25, -0.2) is 0 Å². The van der Waals surface area contributed by atoms with E-state index in [-0.39, 0.29) is 0 Å². The molecular formula is C21H22N2O. The van der Waals surface area contributed by atoms with Crippen molar-refractivity contribution in [2.24, 2.45) is 5.92 Å². The first-order valence-corrected chi connectivity index (χ1v) is 8.67. The third-order valence-electron chi connectivity index (χ3n) is 4.81. The van der Waals surface area contributed by atoms with E-state index in [1.165, 1.54) is 18.4 Å². The molecule has 0 bridgehead atoms. The lowest BCUT2D eigenvalue weighted by atomic mass is 9.95. The normalized spacial score (nSPS) is 17.0. The van der Waals surface area contributed by atoms with Gasteiger partial charge >= 0.3 is 0 Å². The minimum atomic E-state index is 0.632. The molecule has 0 N–H and O–H groups in total. The van der Waals surface area contributed by atoms with Gasteiger partial charge in [0.25, 0.3) is 0 Å². The molecule has 0 aliphatic carbocycles. The van der Waals surface area contributed by atoms with Crippen LogP contribution in [0.4, 0.5) is 0 Å². The van der Waals surface area contributed by atoms with Gasteiger partial charge in [-0.15, -0.1) is 0 Å². The van der Waals surface area contributed by atoms with Crippen molar-refractivity contribution in [2.45, 2.75) is 19.4 Å². The Bertz CT molecular complexity index is 814. The van der Waals surface area contributed by atoms with Gasteiger partial charge in [0.05, 0.1) is 0 Å². The summed E-state index contributed by atoms with van der Waals surface area (Å²) in [4.78, 5) is 2.55. The van der Waals surface area contributed by atoms with Crippen LogP contribution in [0.3, 0.4) is 0 Å². The number of hydrogen-bond donors (Lipinski definition) is 0. The van der Waals surface area contributed by atoms with Crippen molar-refractivity contribution < 1.29 is 4.52 Å². The lowest BCUT2D eigenvalue weighted by molar-refractivity contribution is 0.196. The molecule has 1 aliphatic rings. The van der Waals surface area contributed by atoms with E-state index >= 15 is 0 Å². The molecule has 0 amide bonds. The first-order chi connectivity index (χ1) is 11.9. The molecule has 122 valence electrons. The predicted molar refractivity (Wildman–Crippen MR) is 97.5 cm³/mol. The second-order valence-electron chi connectivity index (χ2n) is 6.52. The SMILES string of the molecule is C(=C\C1CCN(Cc2ccccc2)CC1)/c1noc2ccccc12. The minimum Gasteiger partial charge on any atom is -0.356 e. The van der Waals surface area contributed by atoms with Crippen molar-refractivity contribution in [1.29, 1.82) is 0 Å². The van der Waals surface area contributed by atoms with Gasteiger partial charge < -0.3 is 4.52 Å². The number of likely N-dealkylation sites (tertiary alicyclic amines) is 1. The maximum atomic E-state index is 5.36. The van der Waals surface area contributed by atoms with E-state index in [0.29, 0.717) is 5.92 Å². The minimum absolute atomic E-state index is 0.632. The quantitative estimate of drug-likeness (QED) is 0.695. The number of hydrogen-bond acceptors (Lipinski definition) is 3. The molecule has 1 fully saturated rings. The Hall–Kier alpha value is -2.39. The molecule has 1 saturated heterocycles. The second-order valence-corrected chi connectivity index (χ2v) is 6.52. The molecule has 0 radical (unpaired) electrons. The molecule has 0 saturated carbocycles. The fraction of sp³-hybridized carbons (Fsp3) is 0.286. The number of fused-ring (bicyclic) bond motifs is 1. The second kappa shape index (κ2) is 7.02. The van der Waals surface area contributed by atoms with E-state index in [1.54, 1.807) is 0 Å². The van der Waals surface area contributed by atoms with Gasteiger partial charge in [-0.05, 0) is 55.6 Å². The van der Waals surface area contributed by atoms with Gasteiger partial charge in [0.1, 0.15) is 5.69 Å². The molecule has 3 aromatic rings. The van der Waals surface area contributed by atoms with Crippen LogP contribution in [0.15, 0.2) is 65.2 Å². The van der Waals surface area contributed by atoms with Gasteiger partial charge in [-0.2, -0.15) is 0 Å². The maximum Gasteiger partial charge on any atom is 0.167 e. The van der Waals surface area contributed by atoms with Crippen LogP contribution in [0.1, 0.15) is 24.1 Å². The van der Waals surface area contributed by atoms with E-state index in [0.717, 1.165) is 36.3 Å². The monoisotopic (exact) mass is 318 g/mol. The summed E-state index contributed by atoms with van der Waals surface area (Å²) in [5, 5.41) is 5.27. The molecule has 24 heavy (non-hydrogen) atoms. The van der Waals surface area contributed by atoms with Crippen LogP contribution in [0.2, 0.25) is 0 Å². The molecule has 0 spiro atoms. The first-order valence-electron chi connectivity index (χ1n) is 8.67. The van der Waals surface area contributed by atoms with Crippen LogP contribution in [0.5, 0.6) is 0 Å². The third-order valence-corrected chi connectivity index (χ3v) is 4.81. The number of rotatable bonds is 4. The smallest absolute Gasteiger partial charge is 0.167 e. The number of aromatic nitrogens is 1. The van der Waals surface area contributed by atoms with Crippen LogP contribution in [-0.4, -0.2) is 23.1 Å². The summed E-state index contributed by atoms with van der Waals surface area (Å²) in [5.41, 5.74) is 3.20. The summed E-state index contributed by atoms with van der Waals surface area (Å²) in [6, 6.07) is 18.8. The highest BCUT2D eigenvalue weighted by Crippen LogP contribution is 2.23. The molecule has 4 rings (SSSR count). The van der Waals surface area contributed by atoms with Crippen LogP contribution in [0, 0.1) is 5.92 Å². The summed E-state index contributed by atoms with van der Waals surface area (Å²) in [5.74, 6) is 0.632. The topological polar surface area (TPSA) is 29.3 Å². The van der Waals surface area contributed by atoms with E-state index in [1.807, 2.05) is 18.2 Å². The molecule has 2 aromatic carbocycles. The summed E-state index contributed by atoms with van der Waals surface area (Å²) in [6.45, 7) is 3.37. The lowest BCUT2D eigenvalue weighted by Crippen LogP contribution is -2.32. The van der Waals surface area contributed by atoms with Gasteiger partial charge in [-0.1, -0.05) is 53.7 Å². The third kappa shape index (κ3) is 3.41. The summed E-state index contributed by atoms with van der Waals surface area (Å²) < 4.78 is 5.36. The maximum absolute atomic E-state index is 5.36. The van der Waals surface area contributed by atoms with Crippen LogP contribution >= 0.6 is 0 Å². The average Bonchev–Trinajstić information content (AvgIpc) is 3.05. The summed E-state index contributed by atoms with van der Waals surface area (Å²) in [7, 11) is 0. The number of benzene rings is 2. The van der Waals surface area contributed by atoms with Crippen molar-refractivity contribution in [3.05, 3.63) is 71.9 Å². The Kier molecular flexibility index (Phi) is 4.43. The Labute approximate surface area is 142 Å². The van der Waals surface area contributed by atoms with Crippen molar-refractivity contribution in [3.8, 4) is 0 Å². The van der Waals surface area contributed by atoms with Crippen molar-refractivity contribution in [1.82, 2.24) is 10.1 Å². The molecule has 0 unspecified atom stereocenters. The molecule has 3 heteroatoms. The molecule has 1 aliphatic heterocycles. The van der Waals surface area contributed by atoms with Gasteiger partial charge in [0, 0.05) is 11.9 Å². The Morgan fingerprint density at radius 3 is 2.58 bits per heavy atom. The van der Waals surface area contributed by atoms with Gasteiger partial charge in [0.2, 0.25) is 0 Å². The molecule has 1 aromatic heterocycles. The fourth-order valence-corrected chi connectivity index (χ4v) is 3.40. The Morgan fingerprint density at radius 2 is 1.75 bits per heavy atom. The van der Waals surface area contributed by atoms with E-state index < -0.39 is 0 Å². The number of para-hydroxylation sites is 1. The zero-order valence-corrected chi connectivity index (χ0v) is 13.8. The number of allylic oxidation sites excluding steroid dienone is 1. The predicted octanol–water partition coefficient (Wildman–Crippen LogP) is 4.75. The van der Waals surface area contributed by atoms with Gasteiger partial charge in [0.15, 0.2) is 5.58 Å². The van der Waals surface area contributed by atoms with Gasteiger partial charge in [-0.3, -0.25) is 4.90 Å². The van der Waals surface area contributed by atoms with E-state index in [4.69, 9.17) is 4.52 Å². The highest BCUT2D eigenvalue weighted by molar-refractivity contribution is 5.84. The zero-order chi connectivity index (χ0) is 16.2. The van der Waals surface area contributed by atoms with Crippen LogP contribution in [-0.2, 0) is 6.54 Å². The molecular weight excluding hydrogens is 296 g/mol. The number of piperidine rings is 1.